The fourth-order valence-electron chi connectivity index (χ4n) is 3.83. The molecule has 4 rings (SSSR count). The molecule has 2 N–H and O–H groups in total. The number of nitrogens with zero attached hydrogens (tertiary/aromatic N) is 2. The largest absolute Gasteiger partial charge is 0.483 e. The van der Waals surface area contributed by atoms with Crippen LogP contribution in [0.4, 0.5) is 5.69 Å². The van der Waals surface area contributed by atoms with Gasteiger partial charge in [0.25, 0.3) is 6.47 Å². The maximum absolute atomic E-state index is 8.36. The zero-order chi connectivity index (χ0) is 21.2. The molecule has 1 aliphatic heterocycles. The van der Waals surface area contributed by atoms with E-state index in [4.69, 9.17) is 26.5 Å². The summed E-state index contributed by atoms with van der Waals surface area (Å²) >= 11 is 6.18. The normalized spacial score (nSPS) is 14.0. The number of anilines is 1. The molecular weight excluding hydrogens is 398 g/mol. The number of hydrogen-bond acceptors (Lipinski definition) is 4. The van der Waals surface area contributed by atoms with Crippen LogP contribution in [0, 0.1) is 0 Å². The number of rotatable bonds is 6. The third-order valence-electron chi connectivity index (χ3n) is 5.25. The summed E-state index contributed by atoms with van der Waals surface area (Å²) in [6.07, 6.45) is 5.25. The first-order valence-electron chi connectivity index (χ1n) is 10.4. The first-order chi connectivity index (χ1) is 14.7. The number of carbonyl (C=O) groups is 1. The third kappa shape index (κ3) is 6.18. The second-order valence-corrected chi connectivity index (χ2v) is 7.81. The highest BCUT2D eigenvalue weighted by Gasteiger charge is 2.10. The average Bonchev–Trinajstić information content (AvgIpc) is 2.78. The van der Waals surface area contributed by atoms with Gasteiger partial charge in [0.15, 0.2) is 0 Å². The molecule has 0 bridgehead atoms. The predicted molar refractivity (Wildman–Crippen MR) is 124 cm³/mol. The van der Waals surface area contributed by atoms with E-state index in [-0.39, 0.29) is 6.47 Å². The number of piperidine rings is 1. The summed E-state index contributed by atoms with van der Waals surface area (Å²) in [5, 5.41) is 12.4. The van der Waals surface area contributed by atoms with Crippen molar-refractivity contribution in [1.82, 2.24) is 9.88 Å². The summed E-state index contributed by atoms with van der Waals surface area (Å²) in [6, 6.07) is 18.4. The summed E-state index contributed by atoms with van der Waals surface area (Å²) < 4.78 is 0. The van der Waals surface area contributed by atoms with Gasteiger partial charge in [-0.1, -0.05) is 48.4 Å². The van der Waals surface area contributed by atoms with Crippen LogP contribution in [0.15, 0.2) is 54.6 Å². The lowest BCUT2D eigenvalue weighted by atomic mass is 10.1. The Morgan fingerprint density at radius 3 is 2.60 bits per heavy atom. The average molecular weight is 426 g/mol. The fourth-order valence-corrected chi connectivity index (χ4v) is 4.02. The van der Waals surface area contributed by atoms with Crippen LogP contribution in [0.1, 0.15) is 25.7 Å². The summed E-state index contributed by atoms with van der Waals surface area (Å²) in [4.78, 5) is 15.8. The number of hydrogen-bond donors (Lipinski definition) is 2. The van der Waals surface area contributed by atoms with Crippen molar-refractivity contribution < 1.29 is 9.90 Å². The van der Waals surface area contributed by atoms with Crippen LogP contribution < -0.4 is 5.32 Å². The van der Waals surface area contributed by atoms with Gasteiger partial charge in [-0.2, -0.15) is 0 Å². The second kappa shape index (κ2) is 11.5. The number of aromatic nitrogens is 1. The predicted octanol–water partition coefficient (Wildman–Crippen LogP) is 5.54. The fraction of sp³-hybridized carbons (Fsp3) is 0.333. The van der Waals surface area contributed by atoms with Gasteiger partial charge >= 0.3 is 0 Å². The lowest BCUT2D eigenvalue weighted by Crippen LogP contribution is -2.31. The van der Waals surface area contributed by atoms with Crippen molar-refractivity contribution in [2.75, 3.05) is 31.5 Å². The van der Waals surface area contributed by atoms with Gasteiger partial charge in [-0.25, -0.2) is 4.98 Å². The first-order valence-corrected chi connectivity index (χ1v) is 10.8. The molecule has 0 amide bonds. The van der Waals surface area contributed by atoms with E-state index in [0.717, 1.165) is 40.4 Å². The van der Waals surface area contributed by atoms with Crippen molar-refractivity contribution in [3.8, 4) is 11.3 Å². The number of benzene rings is 2. The minimum atomic E-state index is -0.250. The molecule has 1 aromatic heterocycles. The number of carboxylic acid groups (broad SMARTS) is 1. The lowest BCUT2D eigenvalue weighted by molar-refractivity contribution is -0.122. The molecule has 5 nitrogen and oxygen atoms in total. The van der Waals surface area contributed by atoms with E-state index in [1.165, 1.54) is 44.3 Å². The molecule has 1 saturated heterocycles. The van der Waals surface area contributed by atoms with Crippen LogP contribution in [0.2, 0.25) is 5.02 Å². The first kappa shape index (κ1) is 22.1. The van der Waals surface area contributed by atoms with Crippen molar-refractivity contribution in [3.63, 3.8) is 0 Å². The Kier molecular flexibility index (Phi) is 8.48. The van der Waals surface area contributed by atoms with Gasteiger partial charge in [-0.3, -0.25) is 4.79 Å². The summed E-state index contributed by atoms with van der Waals surface area (Å²) in [5.74, 6) is 0. The van der Waals surface area contributed by atoms with Gasteiger partial charge in [0, 0.05) is 28.2 Å². The van der Waals surface area contributed by atoms with E-state index in [2.05, 4.69) is 40.5 Å². The van der Waals surface area contributed by atoms with Gasteiger partial charge in [-0.05, 0) is 63.2 Å². The van der Waals surface area contributed by atoms with Crippen LogP contribution in [-0.4, -0.2) is 47.6 Å². The Morgan fingerprint density at radius 2 is 1.83 bits per heavy atom. The smallest absolute Gasteiger partial charge is 0.290 e. The molecule has 0 saturated carbocycles. The minimum absolute atomic E-state index is 0.250. The highest BCUT2D eigenvalue weighted by atomic mass is 35.5. The molecule has 1 aliphatic rings. The third-order valence-corrected chi connectivity index (χ3v) is 5.49. The molecule has 158 valence electrons. The maximum Gasteiger partial charge on any atom is 0.290 e. The van der Waals surface area contributed by atoms with Crippen molar-refractivity contribution in [3.05, 3.63) is 59.6 Å². The van der Waals surface area contributed by atoms with Crippen molar-refractivity contribution >= 4 is 34.7 Å². The molecule has 6 heteroatoms. The molecule has 0 aliphatic carbocycles. The van der Waals surface area contributed by atoms with Crippen molar-refractivity contribution in [2.45, 2.75) is 25.7 Å². The van der Waals surface area contributed by atoms with E-state index >= 15 is 0 Å². The summed E-state index contributed by atoms with van der Waals surface area (Å²) in [5.41, 5.74) is 4.15. The Bertz CT molecular complexity index is 958. The molecule has 30 heavy (non-hydrogen) atoms. The molecule has 0 radical (unpaired) electrons. The van der Waals surface area contributed by atoms with Gasteiger partial charge < -0.3 is 15.3 Å². The summed E-state index contributed by atoms with van der Waals surface area (Å²) in [6.45, 7) is 4.42. The zero-order valence-corrected chi connectivity index (χ0v) is 17.8. The summed E-state index contributed by atoms with van der Waals surface area (Å²) in [7, 11) is 0. The minimum Gasteiger partial charge on any atom is -0.483 e. The molecular formula is C24H28ClN3O2. The standard InChI is InChI=1S/C23H26ClN3.CH2O2/c24-19-9-6-8-18(16-19)22-17-23(20-10-2-3-11-21(20)26-22)25-12-7-15-27-13-4-1-5-14-27;2-1-3/h2-3,6,8-11,16-17H,1,4-5,7,12-15H2,(H,25,26);1H,(H,2,3). The Labute approximate surface area is 182 Å². The van der Waals surface area contributed by atoms with Gasteiger partial charge in [0.2, 0.25) is 0 Å². The molecule has 0 spiro atoms. The van der Waals surface area contributed by atoms with Crippen LogP contribution >= 0.6 is 11.6 Å². The Morgan fingerprint density at radius 1 is 1.07 bits per heavy atom. The molecule has 1 fully saturated rings. The van der Waals surface area contributed by atoms with E-state index in [1.54, 1.807) is 0 Å². The van der Waals surface area contributed by atoms with E-state index in [0.29, 0.717) is 0 Å². The van der Waals surface area contributed by atoms with Gasteiger partial charge in [-0.15, -0.1) is 0 Å². The molecule has 2 aromatic carbocycles. The molecule has 0 unspecified atom stereocenters. The number of nitrogens with one attached hydrogen (secondary N) is 1. The number of halogens is 1. The van der Waals surface area contributed by atoms with E-state index in [1.807, 2.05) is 24.3 Å². The topological polar surface area (TPSA) is 65.5 Å². The highest BCUT2D eigenvalue weighted by Crippen LogP contribution is 2.29. The molecule has 0 atom stereocenters. The van der Waals surface area contributed by atoms with E-state index in [9.17, 15) is 0 Å². The Balaban J connectivity index is 0.000000806. The van der Waals surface area contributed by atoms with Crippen LogP contribution in [0.3, 0.4) is 0 Å². The number of likely N-dealkylation sites (tertiary alicyclic amines) is 1. The maximum atomic E-state index is 8.36. The van der Waals surface area contributed by atoms with Gasteiger partial charge in [0.05, 0.1) is 11.2 Å². The van der Waals surface area contributed by atoms with E-state index < -0.39 is 0 Å². The molecule has 2 heterocycles. The van der Waals surface area contributed by atoms with Crippen LogP contribution in [0.5, 0.6) is 0 Å². The number of para-hydroxylation sites is 1. The van der Waals surface area contributed by atoms with Crippen molar-refractivity contribution in [2.24, 2.45) is 0 Å². The quantitative estimate of drug-likeness (QED) is 0.400. The van der Waals surface area contributed by atoms with Crippen molar-refractivity contribution in [1.29, 1.82) is 0 Å². The number of pyridine rings is 1. The van der Waals surface area contributed by atoms with Crippen LogP contribution in [-0.2, 0) is 4.79 Å². The monoisotopic (exact) mass is 425 g/mol. The zero-order valence-electron chi connectivity index (χ0n) is 17.1. The molecule has 3 aromatic rings. The van der Waals surface area contributed by atoms with Gasteiger partial charge in [0.1, 0.15) is 0 Å². The lowest BCUT2D eigenvalue weighted by Gasteiger charge is -2.26. The van der Waals surface area contributed by atoms with Crippen LogP contribution in [0.25, 0.3) is 22.2 Å². The highest BCUT2D eigenvalue weighted by molar-refractivity contribution is 6.30. The SMILES string of the molecule is Clc1cccc(-c2cc(NCCCN3CCCCC3)c3ccccc3n2)c1.O=CO. The Hall–Kier alpha value is -2.63. The number of fused-ring (bicyclic) bond motifs is 1. The second-order valence-electron chi connectivity index (χ2n) is 7.37.